The number of fused-ring (bicyclic) bond motifs is 1. The lowest BCUT2D eigenvalue weighted by Gasteiger charge is -2.13. The molecule has 1 fully saturated rings. The third-order valence-electron chi connectivity index (χ3n) is 5.41. The Hall–Kier alpha value is -2.40. The molecule has 0 radical (unpaired) electrons. The van der Waals surface area contributed by atoms with Crippen LogP contribution in [0.4, 0.5) is 0 Å². The van der Waals surface area contributed by atoms with E-state index in [1.54, 1.807) is 10.7 Å². The van der Waals surface area contributed by atoms with Crippen LogP contribution in [0.2, 0.25) is 5.02 Å². The van der Waals surface area contributed by atoms with Gasteiger partial charge in [-0.05, 0) is 49.9 Å². The Kier molecular flexibility index (Phi) is 4.87. The molecule has 1 aliphatic carbocycles. The Morgan fingerprint density at radius 3 is 2.81 bits per heavy atom. The van der Waals surface area contributed by atoms with Gasteiger partial charge in [0.1, 0.15) is 5.56 Å². The first-order valence-corrected chi connectivity index (χ1v) is 9.80. The first-order valence-electron chi connectivity index (χ1n) is 9.42. The maximum atomic E-state index is 12.7. The van der Waals surface area contributed by atoms with E-state index in [0.29, 0.717) is 11.2 Å². The van der Waals surface area contributed by atoms with Gasteiger partial charge in [-0.15, -0.1) is 0 Å². The number of amides is 1. The number of halogens is 1. The van der Waals surface area contributed by atoms with Crippen LogP contribution in [-0.4, -0.2) is 26.5 Å². The molecule has 1 N–H and O–H groups in total. The summed E-state index contributed by atoms with van der Waals surface area (Å²) >= 11 is 6.12. The van der Waals surface area contributed by atoms with Crippen LogP contribution in [0.15, 0.2) is 30.5 Å². The fourth-order valence-electron chi connectivity index (χ4n) is 3.91. The van der Waals surface area contributed by atoms with Gasteiger partial charge in [-0.25, -0.2) is 9.50 Å². The molecule has 140 valence electrons. The molecule has 27 heavy (non-hydrogen) atoms. The summed E-state index contributed by atoms with van der Waals surface area (Å²) in [6.45, 7) is 4.01. The van der Waals surface area contributed by atoms with Crippen molar-refractivity contribution in [2.75, 3.05) is 0 Å². The molecular weight excluding hydrogens is 360 g/mol. The van der Waals surface area contributed by atoms with Gasteiger partial charge in [0.25, 0.3) is 5.91 Å². The van der Waals surface area contributed by atoms with Crippen LogP contribution in [0.5, 0.6) is 0 Å². The molecule has 1 aromatic carbocycles. The number of rotatable bonds is 4. The lowest BCUT2D eigenvalue weighted by molar-refractivity contribution is 0.0939. The van der Waals surface area contributed by atoms with Gasteiger partial charge in [0.15, 0.2) is 5.65 Å². The van der Waals surface area contributed by atoms with Crippen molar-refractivity contribution in [2.45, 2.75) is 52.0 Å². The van der Waals surface area contributed by atoms with Crippen LogP contribution in [0, 0.1) is 13.8 Å². The van der Waals surface area contributed by atoms with Crippen LogP contribution in [-0.2, 0) is 6.42 Å². The van der Waals surface area contributed by atoms with Crippen LogP contribution in [0.25, 0.3) is 5.65 Å². The first kappa shape index (κ1) is 18.0. The highest BCUT2D eigenvalue weighted by molar-refractivity contribution is 6.30. The Labute approximate surface area is 163 Å². The maximum absolute atomic E-state index is 12.7. The van der Waals surface area contributed by atoms with Crippen molar-refractivity contribution in [1.82, 2.24) is 19.9 Å². The van der Waals surface area contributed by atoms with E-state index < -0.39 is 0 Å². The van der Waals surface area contributed by atoms with E-state index in [0.717, 1.165) is 46.8 Å². The first-order chi connectivity index (χ1) is 13.0. The van der Waals surface area contributed by atoms with Crippen molar-refractivity contribution in [3.05, 3.63) is 63.6 Å². The molecule has 5 nitrogen and oxygen atoms in total. The average molecular weight is 383 g/mol. The third kappa shape index (κ3) is 3.56. The molecule has 0 saturated heterocycles. The minimum absolute atomic E-state index is 0.0780. The van der Waals surface area contributed by atoms with Crippen molar-refractivity contribution in [1.29, 1.82) is 0 Å². The fraction of sp³-hybridized carbons (Fsp3) is 0.381. The molecule has 2 aromatic heterocycles. The van der Waals surface area contributed by atoms with Gasteiger partial charge in [0.05, 0.1) is 6.20 Å². The number of hydrogen-bond donors (Lipinski definition) is 1. The number of nitrogens with zero attached hydrogens (tertiary/aromatic N) is 3. The zero-order valence-electron chi connectivity index (χ0n) is 15.6. The molecule has 0 atom stereocenters. The third-order valence-corrected chi connectivity index (χ3v) is 5.65. The number of carbonyl (C=O) groups excluding carboxylic acids is 1. The molecule has 2 heterocycles. The smallest absolute Gasteiger partial charge is 0.256 e. The fourth-order valence-corrected chi connectivity index (χ4v) is 4.12. The monoisotopic (exact) mass is 382 g/mol. The number of benzene rings is 1. The van der Waals surface area contributed by atoms with Crippen molar-refractivity contribution in [3.63, 3.8) is 0 Å². The highest BCUT2D eigenvalue weighted by Crippen LogP contribution is 2.23. The summed E-state index contributed by atoms with van der Waals surface area (Å²) in [4.78, 5) is 17.4. The quantitative estimate of drug-likeness (QED) is 0.733. The largest absolute Gasteiger partial charge is 0.349 e. The van der Waals surface area contributed by atoms with Gasteiger partial charge in [-0.3, -0.25) is 4.79 Å². The van der Waals surface area contributed by atoms with Gasteiger partial charge in [0, 0.05) is 28.9 Å². The zero-order valence-corrected chi connectivity index (χ0v) is 16.4. The zero-order chi connectivity index (χ0) is 19.0. The van der Waals surface area contributed by atoms with E-state index in [4.69, 9.17) is 16.6 Å². The van der Waals surface area contributed by atoms with E-state index in [-0.39, 0.29) is 11.9 Å². The maximum Gasteiger partial charge on any atom is 0.256 e. The standard InChI is InChI=1S/C21H23ClN4O/c1-13-18(11-15-6-5-7-16(22)10-15)14(2)26-20(24-13)19(12-23-26)21(27)25-17-8-3-4-9-17/h5-7,10,12,17H,3-4,8-9,11H2,1-2H3,(H,25,27). The molecule has 1 aliphatic rings. The summed E-state index contributed by atoms with van der Waals surface area (Å²) < 4.78 is 1.77. The average Bonchev–Trinajstić information content (AvgIpc) is 3.28. The lowest BCUT2D eigenvalue weighted by Crippen LogP contribution is -2.32. The lowest BCUT2D eigenvalue weighted by atomic mass is 10.0. The second kappa shape index (κ2) is 7.31. The van der Waals surface area contributed by atoms with E-state index in [2.05, 4.69) is 16.5 Å². The summed E-state index contributed by atoms with van der Waals surface area (Å²) in [7, 11) is 0. The molecule has 0 spiro atoms. The number of aryl methyl sites for hydroxylation is 2. The van der Waals surface area contributed by atoms with Crippen LogP contribution < -0.4 is 5.32 Å². The molecule has 0 aliphatic heterocycles. The highest BCUT2D eigenvalue weighted by atomic mass is 35.5. The van der Waals surface area contributed by atoms with Crippen LogP contribution in [0.1, 0.15) is 58.6 Å². The van der Waals surface area contributed by atoms with E-state index >= 15 is 0 Å². The Bertz CT molecular complexity index is 1000. The molecule has 4 rings (SSSR count). The minimum atomic E-state index is -0.0780. The van der Waals surface area contributed by atoms with Gasteiger partial charge in [0.2, 0.25) is 0 Å². The van der Waals surface area contributed by atoms with Gasteiger partial charge < -0.3 is 5.32 Å². The van der Waals surface area contributed by atoms with Crippen molar-refractivity contribution in [3.8, 4) is 0 Å². The Morgan fingerprint density at radius 2 is 2.07 bits per heavy atom. The molecule has 0 unspecified atom stereocenters. The topological polar surface area (TPSA) is 59.3 Å². The van der Waals surface area contributed by atoms with E-state index in [1.165, 1.54) is 12.8 Å². The van der Waals surface area contributed by atoms with Gasteiger partial charge >= 0.3 is 0 Å². The summed E-state index contributed by atoms with van der Waals surface area (Å²) in [5, 5.41) is 8.29. The molecule has 3 aromatic rings. The number of carbonyl (C=O) groups is 1. The van der Waals surface area contributed by atoms with E-state index in [9.17, 15) is 4.79 Å². The summed E-state index contributed by atoms with van der Waals surface area (Å²) in [5.41, 5.74) is 5.31. The molecule has 1 saturated carbocycles. The second-order valence-corrected chi connectivity index (χ2v) is 7.75. The predicted octanol–water partition coefficient (Wildman–Crippen LogP) is 4.26. The number of aromatic nitrogens is 3. The minimum Gasteiger partial charge on any atom is -0.349 e. The van der Waals surface area contributed by atoms with Gasteiger partial charge in [-0.2, -0.15) is 5.10 Å². The molecule has 6 heteroatoms. The normalized spacial score (nSPS) is 14.8. The highest BCUT2D eigenvalue weighted by Gasteiger charge is 2.22. The summed E-state index contributed by atoms with van der Waals surface area (Å²) in [6.07, 6.45) is 6.83. The van der Waals surface area contributed by atoms with Crippen molar-refractivity contribution in [2.24, 2.45) is 0 Å². The van der Waals surface area contributed by atoms with Crippen molar-refractivity contribution >= 4 is 23.2 Å². The van der Waals surface area contributed by atoms with Crippen molar-refractivity contribution < 1.29 is 4.79 Å². The van der Waals surface area contributed by atoms with Crippen LogP contribution >= 0.6 is 11.6 Å². The Balaban J connectivity index is 1.67. The van der Waals surface area contributed by atoms with Gasteiger partial charge in [-0.1, -0.05) is 36.6 Å². The van der Waals surface area contributed by atoms with E-state index in [1.807, 2.05) is 32.0 Å². The summed E-state index contributed by atoms with van der Waals surface area (Å²) in [5.74, 6) is -0.0780. The molecule has 0 bridgehead atoms. The number of nitrogens with one attached hydrogen (secondary N) is 1. The number of hydrogen-bond acceptors (Lipinski definition) is 3. The second-order valence-electron chi connectivity index (χ2n) is 7.32. The SMILES string of the molecule is Cc1nc2c(C(=O)NC3CCCC3)cnn2c(C)c1Cc1cccc(Cl)c1. The Morgan fingerprint density at radius 1 is 1.30 bits per heavy atom. The molecular formula is C21H23ClN4O. The van der Waals surface area contributed by atoms with Crippen LogP contribution in [0.3, 0.4) is 0 Å². The predicted molar refractivity (Wildman–Crippen MR) is 106 cm³/mol. The molecule has 1 amide bonds. The summed E-state index contributed by atoms with van der Waals surface area (Å²) in [6, 6.07) is 8.12.